The van der Waals surface area contributed by atoms with Gasteiger partial charge in [-0.3, -0.25) is 4.68 Å². The number of halogens is 2. The van der Waals surface area contributed by atoms with E-state index >= 15 is 0 Å². The van der Waals surface area contributed by atoms with Gasteiger partial charge in [-0.25, -0.2) is 0 Å². The van der Waals surface area contributed by atoms with Crippen molar-refractivity contribution < 1.29 is 0 Å². The summed E-state index contributed by atoms with van der Waals surface area (Å²) in [5.74, 6) is 0. The Morgan fingerprint density at radius 1 is 1.50 bits per heavy atom. The van der Waals surface area contributed by atoms with Crippen molar-refractivity contribution in [3.05, 3.63) is 27.8 Å². The maximum atomic E-state index is 5.99. The molecule has 1 aromatic carbocycles. The summed E-state index contributed by atoms with van der Waals surface area (Å²) in [6.45, 7) is 0. The van der Waals surface area contributed by atoms with Crippen molar-refractivity contribution in [3.63, 3.8) is 0 Å². The van der Waals surface area contributed by atoms with Gasteiger partial charge in [-0.1, -0.05) is 27.5 Å². The van der Waals surface area contributed by atoms with E-state index in [9.17, 15) is 0 Å². The second-order valence-corrected chi connectivity index (χ2v) is 3.91. The Bertz CT molecular complexity index is 436. The minimum absolute atomic E-state index is 0.729. The molecule has 0 amide bonds. The first kappa shape index (κ1) is 8.08. The second kappa shape index (κ2) is 2.75. The van der Waals surface area contributed by atoms with Gasteiger partial charge >= 0.3 is 0 Å². The molecule has 2 aromatic rings. The smallest absolute Gasteiger partial charge is 0.0705 e. The zero-order valence-electron chi connectivity index (χ0n) is 6.38. The van der Waals surface area contributed by atoms with Gasteiger partial charge in [-0.05, 0) is 12.1 Å². The van der Waals surface area contributed by atoms with E-state index in [4.69, 9.17) is 11.6 Å². The number of benzene rings is 1. The second-order valence-electron chi connectivity index (χ2n) is 2.59. The molecular formula is C8H6BrClN2. The predicted octanol–water partition coefficient (Wildman–Crippen LogP) is 2.99. The van der Waals surface area contributed by atoms with Gasteiger partial charge in [-0.15, -0.1) is 0 Å². The van der Waals surface area contributed by atoms with Crippen molar-refractivity contribution in [2.75, 3.05) is 0 Å². The standard InChI is InChI=1S/C8H6BrClN2/c1-12-8-3-5(9)2-7(10)6(8)4-11-12/h2-4H,1H3. The van der Waals surface area contributed by atoms with Crippen LogP contribution in [0.15, 0.2) is 22.8 Å². The molecule has 0 bridgehead atoms. The lowest BCUT2D eigenvalue weighted by molar-refractivity contribution is 0.797. The first-order valence-electron chi connectivity index (χ1n) is 3.45. The topological polar surface area (TPSA) is 17.8 Å². The molecule has 0 atom stereocenters. The van der Waals surface area contributed by atoms with Gasteiger partial charge in [0.15, 0.2) is 0 Å². The molecule has 0 saturated carbocycles. The number of hydrogen-bond acceptors (Lipinski definition) is 1. The largest absolute Gasteiger partial charge is 0.268 e. The van der Waals surface area contributed by atoms with Crippen molar-refractivity contribution in [1.82, 2.24) is 9.78 Å². The maximum Gasteiger partial charge on any atom is 0.0705 e. The molecule has 0 unspecified atom stereocenters. The molecule has 62 valence electrons. The number of hydrogen-bond donors (Lipinski definition) is 0. The van der Waals surface area contributed by atoms with Crippen LogP contribution in [0.25, 0.3) is 10.9 Å². The van der Waals surface area contributed by atoms with Crippen molar-refractivity contribution >= 4 is 38.4 Å². The van der Waals surface area contributed by atoms with E-state index in [-0.39, 0.29) is 0 Å². The Morgan fingerprint density at radius 3 is 3.00 bits per heavy atom. The van der Waals surface area contributed by atoms with Crippen LogP contribution < -0.4 is 0 Å². The van der Waals surface area contributed by atoms with E-state index in [1.54, 1.807) is 10.9 Å². The van der Waals surface area contributed by atoms with Gasteiger partial charge in [-0.2, -0.15) is 5.10 Å². The fourth-order valence-electron chi connectivity index (χ4n) is 1.17. The van der Waals surface area contributed by atoms with Crippen molar-refractivity contribution in [3.8, 4) is 0 Å². The third kappa shape index (κ3) is 1.13. The van der Waals surface area contributed by atoms with Gasteiger partial charge in [0.25, 0.3) is 0 Å². The van der Waals surface area contributed by atoms with E-state index < -0.39 is 0 Å². The molecular weight excluding hydrogens is 239 g/mol. The molecule has 2 nitrogen and oxygen atoms in total. The SMILES string of the molecule is Cn1ncc2c(Cl)cc(Br)cc21. The van der Waals surface area contributed by atoms with E-state index in [0.29, 0.717) is 0 Å². The van der Waals surface area contributed by atoms with Crippen LogP contribution in [0.4, 0.5) is 0 Å². The van der Waals surface area contributed by atoms with Crippen LogP contribution in [0, 0.1) is 0 Å². The van der Waals surface area contributed by atoms with Crippen LogP contribution in [-0.4, -0.2) is 9.78 Å². The Balaban J connectivity index is 2.92. The van der Waals surface area contributed by atoms with Crippen molar-refractivity contribution in [2.45, 2.75) is 0 Å². The number of fused-ring (bicyclic) bond motifs is 1. The lowest BCUT2D eigenvalue weighted by atomic mass is 10.2. The molecule has 0 aliphatic carbocycles. The van der Waals surface area contributed by atoms with Crippen LogP contribution in [0.3, 0.4) is 0 Å². The normalized spacial score (nSPS) is 10.9. The van der Waals surface area contributed by atoms with Gasteiger partial charge < -0.3 is 0 Å². The molecule has 0 radical (unpaired) electrons. The van der Waals surface area contributed by atoms with Crippen LogP contribution in [0.1, 0.15) is 0 Å². The van der Waals surface area contributed by atoms with Crippen LogP contribution in [0.5, 0.6) is 0 Å². The van der Waals surface area contributed by atoms with E-state index in [1.807, 2.05) is 19.2 Å². The molecule has 0 fully saturated rings. The number of aromatic nitrogens is 2. The summed E-state index contributed by atoms with van der Waals surface area (Å²) >= 11 is 9.37. The molecule has 0 saturated heterocycles. The molecule has 0 spiro atoms. The van der Waals surface area contributed by atoms with Crippen LogP contribution in [0.2, 0.25) is 5.02 Å². The number of nitrogens with zero attached hydrogens (tertiary/aromatic N) is 2. The average Bonchev–Trinajstić information content (AvgIpc) is 2.33. The third-order valence-electron chi connectivity index (χ3n) is 1.78. The molecule has 0 aliphatic heterocycles. The molecule has 2 rings (SSSR count). The first-order valence-corrected chi connectivity index (χ1v) is 4.62. The quantitative estimate of drug-likeness (QED) is 0.698. The summed E-state index contributed by atoms with van der Waals surface area (Å²) in [6, 6.07) is 3.86. The predicted molar refractivity (Wildman–Crippen MR) is 53.4 cm³/mol. The Hall–Kier alpha value is -0.540. The lowest BCUT2D eigenvalue weighted by Crippen LogP contribution is -1.88. The highest BCUT2D eigenvalue weighted by atomic mass is 79.9. The minimum Gasteiger partial charge on any atom is -0.268 e. The van der Waals surface area contributed by atoms with Crippen LogP contribution >= 0.6 is 27.5 Å². The fourth-order valence-corrected chi connectivity index (χ4v) is 2.01. The van der Waals surface area contributed by atoms with Gasteiger partial charge in [0.1, 0.15) is 0 Å². The summed E-state index contributed by atoms with van der Waals surface area (Å²) in [7, 11) is 1.89. The summed E-state index contributed by atoms with van der Waals surface area (Å²) in [6.07, 6.45) is 1.77. The number of aryl methyl sites for hydroxylation is 1. The highest BCUT2D eigenvalue weighted by Gasteiger charge is 2.04. The fraction of sp³-hybridized carbons (Fsp3) is 0.125. The zero-order chi connectivity index (χ0) is 8.72. The maximum absolute atomic E-state index is 5.99. The highest BCUT2D eigenvalue weighted by molar-refractivity contribution is 9.10. The van der Waals surface area contributed by atoms with Gasteiger partial charge in [0, 0.05) is 16.9 Å². The van der Waals surface area contributed by atoms with E-state index in [0.717, 1.165) is 20.4 Å². The van der Waals surface area contributed by atoms with Crippen LogP contribution in [-0.2, 0) is 7.05 Å². The molecule has 12 heavy (non-hydrogen) atoms. The van der Waals surface area contributed by atoms with Crippen molar-refractivity contribution in [2.24, 2.45) is 7.05 Å². The van der Waals surface area contributed by atoms with E-state index in [2.05, 4.69) is 21.0 Å². The number of rotatable bonds is 0. The van der Waals surface area contributed by atoms with Crippen molar-refractivity contribution in [1.29, 1.82) is 0 Å². The highest BCUT2D eigenvalue weighted by Crippen LogP contribution is 2.27. The summed E-state index contributed by atoms with van der Waals surface area (Å²) in [5.41, 5.74) is 1.04. The molecule has 1 aromatic heterocycles. The molecule has 0 aliphatic rings. The lowest BCUT2D eigenvalue weighted by Gasteiger charge is -1.96. The monoisotopic (exact) mass is 244 g/mol. The molecule has 1 heterocycles. The zero-order valence-corrected chi connectivity index (χ0v) is 8.72. The Morgan fingerprint density at radius 2 is 2.25 bits per heavy atom. The molecule has 0 N–H and O–H groups in total. The molecule has 4 heteroatoms. The summed E-state index contributed by atoms with van der Waals surface area (Å²) in [4.78, 5) is 0. The third-order valence-corrected chi connectivity index (χ3v) is 2.55. The minimum atomic E-state index is 0.729. The first-order chi connectivity index (χ1) is 5.68. The van der Waals surface area contributed by atoms with Gasteiger partial charge in [0.2, 0.25) is 0 Å². The van der Waals surface area contributed by atoms with Gasteiger partial charge in [0.05, 0.1) is 16.7 Å². The average molecular weight is 246 g/mol. The summed E-state index contributed by atoms with van der Waals surface area (Å²) in [5, 5.41) is 5.83. The Labute approximate surface area is 83.3 Å². The Kier molecular flexibility index (Phi) is 1.85. The summed E-state index contributed by atoms with van der Waals surface area (Å²) < 4.78 is 2.77. The van der Waals surface area contributed by atoms with E-state index in [1.165, 1.54) is 0 Å².